The molecule has 1 aromatic heterocycles. The smallest absolute Gasteiger partial charge is 0.218 e. The summed E-state index contributed by atoms with van der Waals surface area (Å²) >= 11 is 11.7. The molecule has 2 nitrogen and oxygen atoms in total. The minimum atomic E-state index is 0.209. The van der Waals surface area contributed by atoms with Crippen LogP contribution in [0.5, 0.6) is 0 Å². The second-order valence-corrected chi connectivity index (χ2v) is 4.53. The van der Waals surface area contributed by atoms with E-state index in [0.717, 1.165) is 10.9 Å². The Morgan fingerprint density at radius 2 is 1.93 bits per heavy atom. The van der Waals surface area contributed by atoms with E-state index in [2.05, 4.69) is 22.1 Å². The average molecular weight is 239 g/mol. The highest BCUT2D eigenvalue weighted by Crippen LogP contribution is 2.41. The van der Waals surface area contributed by atoms with Crippen LogP contribution in [0.15, 0.2) is 18.2 Å². The summed E-state index contributed by atoms with van der Waals surface area (Å²) in [6.07, 6.45) is 2.55. The maximum atomic E-state index is 5.97. The van der Waals surface area contributed by atoms with Crippen molar-refractivity contribution < 1.29 is 0 Å². The van der Waals surface area contributed by atoms with Crippen molar-refractivity contribution in [1.29, 1.82) is 0 Å². The molecule has 1 aliphatic carbocycles. The van der Waals surface area contributed by atoms with Crippen LogP contribution < -0.4 is 0 Å². The van der Waals surface area contributed by atoms with Gasteiger partial charge in [-0.05, 0) is 48.1 Å². The van der Waals surface area contributed by atoms with Crippen LogP contribution in [0.4, 0.5) is 0 Å². The fourth-order valence-electron chi connectivity index (χ4n) is 1.75. The van der Waals surface area contributed by atoms with E-state index in [9.17, 15) is 0 Å². The Hall–Kier alpha value is -0.860. The van der Waals surface area contributed by atoms with Crippen LogP contribution in [0.1, 0.15) is 24.3 Å². The summed E-state index contributed by atoms with van der Waals surface area (Å²) in [7, 11) is 0. The monoisotopic (exact) mass is 238 g/mol. The predicted octanol–water partition coefficient (Wildman–Crippen LogP) is 3.81. The van der Waals surface area contributed by atoms with E-state index >= 15 is 0 Å². The minimum Gasteiger partial charge on any atom is -0.218 e. The van der Waals surface area contributed by atoms with Crippen molar-refractivity contribution in [1.82, 2.24) is 9.97 Å². The summed E-state index contributed by atoms with van der Waals surface area (Å²) in [6, 6.07) is 6.14. The van der Waals surface area contributed by atoms with Gasteiger partial charge in [0.2, 0.25) is 5.28 Å². The van der Waals surface area contributed by atoms with Crippen LogP contribution in [0, 0.1) is 0 Å². The van der Waals surface area contributed by atoms with E-state index in [1.807, 2.05) is 6.07 Å². The summed E-state index contributed by atoms with van der Waals surface area (Å²) in [5.74, 6) is 0.710. The third-order valence-corrected chi connectivity index (χ3v) is 3.15. The van der Waals surface area contributed by atoms with Gasteiger partial charge in [0.05, 0.1) is 5.52 Å². The lowest BCUT2D eigenvalue weighted by molar-refractivity contribution is 1.13. The molecule has 1 aliphatic rings. The molecule has 0 spiro atoms. The fraction of sp³-hybridized carbons (Fsp3) is 0.273. The third-order valence-electron chi connectivity index (χ3n) is 2.70. The average Bonchev–Trinajstić information content (AvgIpc) is 2.99. The summed E-state index contributed by atoms with van der Waals surface area (Å²) in [5.41, 5.74) is 2.16. The molecule has 1 fully saturated rings. The molecule has 0 saturated heterocycles. The lowest BCUT2D eigenvalue weighted by atomic mass is 10.1. The quantitative estimate of drug-likeness (QED) is 0.558. The largest absolute Gasteiger partial charge is 0.224 e. The Morgan fingerprint density at radius 3 is 2.67 bits per heavy atom. The van der Waals surface area contributed by atoms with Gasteiger partial charge in [-0.15, -0.1) is 0 Å². The topological polar surface area (TPSA) is 25.8 Å². The summed E-state index contributed by atoms with van der Waals surface area (Å²) in [4.78, 5) is 8.09. The first-order valence-electron chi connectivity index (χ1n) is 4.87. The first-order chi connectivity index (χ1) is 7.24. The van der Waals surface area contributed by atoms with E-state index < -0.39 is 0 Å². The molecule has 1 saturated carbocycles. The zero-order valence-corrected chi connectivity index (χ0v) is 9.39. The third kappa shape index (κ3) is 1.68. The van der Waals surface area contributed by atoms with E-state index in [0.29, 0.717) is 11.1 Å². The molecule has 4 heteroatoms. The lowest BCUT2D eigenvalue weighted by Crippen LogP contribution is -1.88. The normalized spacial score (nSPS) is 15.9. The summed E-state index contributed by atoms with van der Waals surface area (Å²) in [5, 5.41) is 1.50. The number of benzene rings is 1. The molecular formula is C11H8Cl2N2. The van der Waals surface area contributed by atoms with Gasteiger partial charge in [-0.3, -0.25) is 0 Å². The van der Waals surface area contributed by atoms with E-state index in [1.165, 1.54) is 18.4 Å². The summed E-state index contributed by atoms with van der Waals surface area (Å²) < 4.78 is 0. The van der Waals surface area contributed by atoms with Gasteiger partial charge in [0.1, 0.15) is 5.15 Å². The zero-order chi connectivity index (χ0) is 10.4. The highest BCUT2D eigenvalue weighted by atomic mass is 35.5. The molecule has 2 aromatic rings. The standard InChI is InChI=1S/C11H8Cl2N2/c12-10-8-4-3-7(6-1-2-6)5-9(8)14-11(13)15-10/h3-6H,1-2H2. The Balaban J connectivity index is 2.24. The molecule has 0 aliphatic heterocycles. The van der Waals surface area contributed by atoms with Crippen molar-refractivity contribution >= 4 is 34.1 Å². The van der Waals surface area contributed by atoms with Gasteiger partial charge in [-0.2, -0.15) is 0 Å². The highest BCUT2D eigenvalue weighted by molar-refractivity contribution is 6.35. The van der Waals surface area contributed by atoms with Crippen molar-refractivity contribution in [3.05, 3.63) is 34.2 Å². The van der Waals surface area contributed by atoms with Gasteiger partial charge < -0.3 is 0 Å². The molecule has 3 rings (SSSR count). The predicted molar refractivity (Wildman–Crippen MR) is 61.5 cm³/mol. The SMILES string of the molecule is Clc1nc(Cl)c2ccc(C3CC3)cc2n1. The Kier molecular flexibility index (Phi) is 2.08. The second kappa shape index (κ2) is 3.32. The van der Waals surface area contributed by atoms with E-state index in [4.69, 9.17) is 23.2 Å². The maximum absolute atomic E-state index is 5.97. The van der Waals surface area contributed by atoms with E-state index in [-0.39, 0.29) is 5.28 Å². The Morgan fingerprint density at radius 1 is 1.13 bits per heavy atom. The highest BCUT2D eigenvalue weighted by Gasteiger charge is 2.23. The molecule has 0 radical (unpaired) electrons. The number of hydrogen-bond donors (Lipinski definition) is 0. The molecule has 0 unspecified atom stereocenters. The minimum absolute atomic E-state index is 0.209. The molecule has 0 bridgehead atoms. The number of nitrogens with zero attached hydrogens (tertiary/aromatic N) is 2. The van der Waals surface area contributed by atoms with E-state index in [1.54, 1.807) is 0 Å². The van der Waals surface area contributed by atoms with Gasteiger partial charge in [-0.1, -0.05) is 17.7 Å². The van der Waals surface area contributed by atoms with Gasteiger partial charge in [0.15, 0.2) is 0 Å². The van der Waals surface area contributed by atoms with Crippen LogP contribution in [-0.4, -0.2) is 9.97 Å². The fourth-order valence-corrected chi connectivity index (χ4v) is 2.21. The van der Waals surface area contributed by atoms with Gasteiger partial charge in [-0.25, -0.2) is 9.97 Å². The second-order valence-electron chi connectivity index (χ2n) is 3.83. The summed E-state index contributed by atoms with van der Waals surface area (Å²) in [6.45, 7) is 0. The van der Waals surface area contributed by atoms with Crippen LogP contribution in [0.2, 0.25) is 10.4 Å². The maximum Gasteiger partial charge on any atom is 0.224 e. The van der Waals surface area contributed by atoms with Gasteiger partial charge >= 0.3 is 0 Å². The Bertz CT molecular complexity index is 535. The Labute approximate surface area is 97.2 Å². The molecule has 1 heterocycles. The molecule has 15 heavy (non-hydrogen) atoms. The first-order valence-corrected chi connectivity index (χ1v) is 5.62. The van der Waals surface area contributed by atoms with Gasteiger partial charge in [0.25, 0.3) is 0 Å². The van der Waals surface area contributed by atoms with Crippen molar-refractivity contribution in [3.8, 4) is 0 Å². The van der Waals surface area contributed by atoms with Crippen molar-refractivity contribution in [3.63, 3.8) is 0 Å². The number of rotatable bonds is 1. The first kappa shape index (κ1) is 9.37. The van der Waals surface area contributed by atoms with Crippen molar-refractivity contribution in [2.45, 2.75) is 18.8 Å². The molecule has 76 valence electrons. The molecule has 0 atom stereocenters. The lowest BCUT2D eigenvalue weighted by Gasteiger charge is -2.02. The van der Waals surface area contributed by atoms with Gasteiger partial charge in [0, 0.05) is 5.39 Å². The number of aromatic nitrogens is 2. The van der Waals surface area contributed by atoms with Crippen LogP contribution >= 0.6 is 23.2 Å². The number of hydrogen-bond acceptors (Lipinski definition) is 2. The van der Waals surface area contributed by atoms with Crippen molar-refractivity contribution in [2.24, 2.45) is 0 Å². The van der Waals surface area contributed by atoms with Crippen LogP contribution in [-0.2, 0) is 0 Å². The number of fused-ring (bicyclic) bond motifs is 1. The molecule has 1 aromatic carbocycles. The molecular weight excluding hydrogens is 231 g/mol. The van der Waals surface area contributed by atoms with Crippen LogP contribution in [0.25, 0.3) is 10.9 Å². The molecule has 0 amide bonds. The molecule has 0 N–H and O–H groups in total. The van der Waals surface area contributed by atoms with Crippen molar-refractivity contribution in [2.75, 3.05) is 0 Å². The number of halogens is 2. The zero-order valence-electron chi connectivity index (χ0n) is 7.87. The van der Waals surface area contributed by atoms with Crippen LogP contribution in [0.3, 0.4) is 0 Å².